The molecule has 0 saturated heterocycles. The first kappa shape index (κ1) is 50.6. The van der Waals surface area contributed by atoms with Crippen molar-refractivity contribution < 1.29 is 71.6 Å². The highest BCUT2D eigenvalue weighted by atomic mass is 32.2. The lowest BCUT2D eigenvalue weighted by Gasteiger charge is -2.42. The number of amidine groups is 6. The molecule has 3 N–H and O–H groups in total. The molecule has 1 aromatic carbocycles. The zero-order valence-corrected chi connectivity index (χ0v) is 44.1. The minimum atomic E-state index is -4.30. The number of ether oxygens (including phenoxy) is 2. The predicted octanol–water partition coefficient (Wildman–Crippen LogP) is 5.76. The Balaban J connectivity index is 1.04. The Morgan fingerprint density at radius 2 is 0.905 bits per heavy atom. The normalized spacial score (nSPS) is 36.9. The van der Waals surface area contributed by atoms with Gasteiger partial charge in [0.15, 0.2) is 0 Å². The van der Waals surface area contributed by atoms with Gasteiger partial charge in [-0.3, -0.25) is 13.7 Å². The first-order valence-electron chi connectivity index (χ1n) is 27.0. The van der Waals surface area contributed by atoms with Crippen LogP contribution >= 0.6 is 0 Å². The van der Waals surface area contributed by atoms with Gasteiger partial charge in [0.25, 0.3) is 30.4 Å². The van der Waals surface area contributed by atoms with Crippen molar-refractivity contribution in [3.8, 4) is 5.75 Å². The van der Waals surface area contributed by atoms with E-state index in [1.54, 1.807) is 12.1 Å². The molecule has 0 aromatic heterocycles. The van der Waals surface area contributed by atoms with E-state index in [9.17, 15) is 48.5 Å². The third-order valence-electron chi connectivity index (χ3n) is 19.2. The average Bonchev–Trinajstić information content (AvgIpc) is 3.96. The van der Waals surface area contributed by atoms with Crippen LogP contribution in [0.2, 0.25) is 0 Å². The number of fused-ring (bicyclic) bond motifs is 13. The number of carbonyl (C=O) groups is 2. The molecule has 11 aliphatic rings. The summed E-state index contributed by atoms with van der Waals surface area (Å²) in [6.07, 6.45) is 8.69. The summed E-state index contributed by atoms with van der Waals surface area (Å²) in [4.78, 5) is 49.7. The summed E-state index contributed by atoms with van der Waals surface area (Å²) in [5.74, 6) is 1.68. The molecule has 6 aliphatic carbocycles. The number of esters is 2. The van der Waals surface area contributed by atoms with Gasteiger partial charge in [0.2, 0.25) is 35.0 Å². The van der Waals surface area contributed by atoms with Crippen molar-refractivity contribution in [2.24, 2.45) is 91.0 Å². The molecule has 6 saturated carbocycles. The van der Waals surface area contributed by atoms with Gasteiger partial charge < -0.3 is 14.1 Å². The number of hydrogen-bond donors (Lipinski definition) is 3. The number of hydrogen-bond acceptors (Lipinski definition) is 15. The second-order valence-electron chi connectivity index (χ2n) is 23.3. The van der Waals surface area contributed by atoms with Gasteiger partial charge in [0.1, 0.15) is 5.75 Å². The van der Waals surface area contributed by atoms with E-state index in [4.69, 9.17) is 34.1 Å². The van der Waals surface area contributed by atoms with Crippen LogP contribution < -0.4 is 4.65 Å². The van der Waals surface area contributed by atoms with Crippen molar-refractivity contribution >= 4 is 84.5 Å². The van der Waals surface area contributed by atoms with Crippen molar-refractivity contribution in [2.75, 3.05) is 13.2 Å². The first-order chi connectivity index (χ1) is 35.2. The first-order valence-corrected chi connectivity index (χ1v) is 31.5. The van der Waals surface area contributed by atoms with E-state index in [2.05, 4.69) is 0 Å². The lowest BCUT2D eigenvalue weighted by Crippen LogP contribution is -2.56. The van der Waals surface area contributed by atoms with Crippen molar-refractivity contribution in [3.63, 3.8) is 0 Å². The highest BCUT2D eigenvalue weighted by Crippen LogP contribution is 2.55. The van der Waals surface area contributed by atoms with Gasteiger partial charge in [-0.15, -0.1) is 0 Å². The van der Waals surface area contributed by atoms with Crippen LogP contribution in [0.15, 0.2) is 38.2 Å². The SMILES string of the molecule is CCCOC(=O)c1cc(OB2[N+]3=C4N=C5N=C(N=C6C7CC8CC(S(=O)(=O)O)CCC8CC7C(=[N+]26)N=C3C2CC3CC(S(=O)(=O)O)CCC3CC42)C2CC3CC(S(=O)(=O)O)CCC3CC52)cc(C(=O)OCCC)c1. The maximum Gasteiger partial charge on any atom is 0.800 e. The van der Waals surface area contributed by atoms with E-state index in [-0.39, 0.29) is 101 Å². The largest absolute Gasteiger partial charge is 0.800 e. The van der Waals surface area contributed by atoms with Crippen LogP contribution in [0.3, 0.4) is 0 Å². The van der Waals surface area contributed by atoms with Crippen LogP contribution in [0.5, 0.6) is 5.75 Å². The smallest absolute Gasteiger partial charge is 0.495 e. The van der Waals surface area contributed by atoms with E-state index in [1.807, 2.05) is 22.8 Å². The molecule has 5 aliphatic heterocycles. The number of aliphatic imine (C=N–C) groups is 4. The molecule has 20 nitrogen and oxygen atoms in total. The predicted molar refractivity (Wildman–Crippen MR) is 271 cm³/mol. The lowest BCUT2D eigenvalue weighted by atomic mass is 9.63. The van der Waals surface area contributed by atoms with Gasteiger partial charge >= 0.3 is 19.1 Å². The molecule has 74 heavy (non-hydrogen) atoms. The molecule has 12 rings (SSSR count). The zero-order valence-electron chi connectivity index (χ0n) is 41.6. The Bertz CT molecular complexity index is 3080. The van der Waals surface area contributed by atoms with Gasteiger partial charge in [-0.25, -0.2) is 18.6 Å². The Morgan fingerprint density at radius 1 is 0.514 bits per heavy atom. The van der Waals surface area contributed by atoms with Crippen molar-refractivity contribution in [2.45, 2.75) is 139 Å². The Kier molecular flexibility index (Phi) is 12.8. The summed E-state index contributed by atoms with van der Waals surface area (Å²) in [7, 11) is -13.9. The van der Waals surface area contributed by atoms with Crippen LogP contribution in [-0.4, -0.2) is 131 Å². The van der Waals surface area contributed by atoms with Crippen LogP contribution in [0.1, 0.15) is 144 Å². The molecule has 0 spiro atoms. The summed E-state index contributed by atoms with van der Waals surface area (Å²) >= 11 is 0. The van der Waals surface area contributed by atoms with E-state index in [0.717, 1.165) is 0 Å². The van der Waals surface area contributed by atoms with E-state index in [0.29, 0.717) is 144 Å². The van der Waals surface area contributed by atoms with Gasteiger partial charge in [0.05, 0.1) is 63.8 Å². The average molecular weight is 1080 g/mol. The fourth-order valence-corrected chi connectivity index (χ4v) is 18.5. The molecule has 398 valence electrons. The summed E-state index contributed by atoms with van der Waals surface area (Å²) in [5, 5.41) is -2.61. The zero-order chi connectivity index (χ0) is 51.7. The Labute approximate surface area is 432 Å². The minimum absolute atomic E-state index is 0.0132. The molecule has 6 fully saturated rings. The number of nitrogens with zero attached hydrogens (tertiary/aromatic N) is 6. The number of benzene rings is 1. The monoisotopic (exact) mass is 1080 g/mol. The molecule has 1 aromatic rings. The molecule has 5 heterocycles. The fourth-order valence-electron chi connectivity index (χ4n) is 15.7. The molecule has 15 unspecified atom stereocenters. The van der Waals surface area contributed by atoms with Gasteiger partial charge in [-0.2, -0.15) is 30.2 Å². The van der Waals surface area contributed by atoms with Crippen molar-refractivity contribution in [3.05, 3.63) is 29.3 Å². The highest BCUT2D eigenvalue weighted by molar-refractivity contribution is 7.87. The van der Waals surface area contributed by atoms with Gasteiger partial charge in [0, 0.05) is 11.8 Å². The standard InChI is InChI=1S/C50H63BN6O14S3/c1-3-11-69-49(58)31-13-32(50(59)70-12-4-2)15-33(14-31)71-51-56-45-39-20-26-6-9-36(74(66,67)68)18-30(26)24-42(39)48(56)55-47-40-21-27-7-10-35(73(63,64)65)17-29(27)23-41(40)46(57(47)51)54-44-38-22-28-16-34(72(60,61)62)8-5-25(28)19-37(38)43(52-44)53-45/h13-15,25-30,34-42H,3-12,16-24H2,1-2H3,(H-2,60,61,62,63,64,65,66,67,68)/p+2. The summed E-state index contributed by atoms with van der Waals surface area (Å²) in [6.45, 7) is 4.07. The van der Waals surface area contributed by atoms with Crippen LogP contribution in [0.4, 0.5) is 0 Å². The molecule has 15 atom stereocenters. The summed E-state index contributed by atoms with van der Waals surface area (Å²) < 4.78 is 129. The van der Waals surface area contributed by atoms with Crippen molar-refractivity contribution in [1.29, 1.82) is 0 Å². The second-order valence-corrected chi connectivity index (χ2v) is 28.4. The highest BCUT2D eigenvalue weighted by Gasteiger charge is 2.68. The Morgan fingerprint density at radius 3 is 1.35 bits per heavy atom. The van der Waals surface area contributed by atoms with Crippen LogP contribution in [0, 0.1) is 71.0 Å². The summed E-state index contributed by atoms with van der Waals surface area (Å²) in [5.41, 5.74) is 0.170. The third-order valence-corrected chi connectivity index (χ3v) is 23.0. The molecular formula is C50H65BN6O14S3+2. The third kappa shape index (κ3) is 8.85. The van der Waals surface area contributed by atoms with E-state index in [1.165, 1.54) is 6.07 Å². The lowest BCUT2D eigenvalue weighted by molar-refractivity contribution is -0.421. The van der Waals surface area contributed by atoms with Gasteiger partial charge in [-0.1, -0.05) is 28.8 Å². The van der Waals surface area contributed by atoms with Crippen molar-refractivity contribution in [1.82, 2.24) is 0 Å². The second kappa shape index (κ2) is 18.8. The quantitative estimate of drug-likeness (QED) is 0.135. The molecule has 24 heteroatoms. The minimum Gasteiger partial charge on any atom is -0.495 e. The topological polar surface area (TPSA) is 280 Å². The molecule has 4 bridgehead atoms. The maximum absolute atomic E-state index is 13.7. The van der Waals surface area contributed by atoms with Crippen LogP contribution in [-0.2, 0) is 39.8 Å². The fraction of sp³-hybridized carbons (Fsp3) is 0.720. The molecular weight excluding hydrogens is 1020 g/mol. The van der Waals surface area contributed by atoms with E-state index >= 15 is 0 Å². The van der Waals surface area contributed by atoms with E-state index < -0.39 is 65.2 Å². The number of carbonyl (C=O) groups excluding carboxylic acids is 2. The Hall–Kier alpha value is -4.23. The summed E-state index contributed by atoms with van der Waals surface area (Å²) in [6, 6.07) is 4.55. The molecule has 0 amide bonds. The number of rotatable bonds is 11. The van der Waals surface area contributed by atoms with Gasteiger partial charge in [-0.05, 0) is 163 Å². The molecule has 0 radical (unpaired) electrons. The maximum atomic E-state index is 13.7. The van der Waals surface area contributed by atoms with Crippen LogP contribution in [0.25, 0.3) is 0 Å².